The van der Waals surface area contributed by atoms with E-state index in [0.717, 1.165) is 30.8 Å². The van der Waals surface area contributed by atoms with Crippen molar-refractivity contribution < 1.29 is 22.7 Å². The van der Waals surface area contributed by atoms with Crippen LogP contribution in [0.4, 0.5) is 18.9 Å². The highest BCUT2D eigenvalue weighted by molar-refractivity contribution is 5.78. The highest BCUT2D eigenvalue weighted by Gasteiger charge is 2.30. The first-order valence-electron chi connectivity index (χ1n) is 10.2. The number of halogens is 3. The average molecular weight is 420 g/mol. The van der Waals surface area contributed by atoms with Crippen molar-refractivity contribution in [1.29, 1.82) is 0 Å². The van der Waals surface area contributed by atoms with Crippen LogP contribution in [-0.2, 0) is 11.0 Å². The number of hydrogen-bond donors (Lipinski definition) is 1. The van der Waals surface area contributed by atoms with Crippen LogP contribution >= 0.6 is 0 Å². The first kappa shape index (κ1) is 22.0. The van der Waals surface area contributed by atoms with Gasteiger partial charge in [0, 0.05) is 18.8 Å². The molecule has 30 heavy (non-hydrogen) atoms. The number of nitrogens with zero attached hydrogens (tertiary/aromatic N) is 1. The summed E-state index contributed by atoms with van der Waals surface area (Å²) in [5.41, 5.74) is 1.32. The van der Waals surface area contributed by atoms with Gasteiger partial charge in [0.15, 0.2) is 6.61 Å². The van der Waals surface area contributed by atoms with Crippen LogP contribution in [0, 0.1) is 5.92 Å². The van der Waals surface area contributed by atoms with Gasteiger partial charge in [0.25, 0.3) is 5.91 Å². The van der Waals surface area contributed by atoms with Crippen LogP contribution in [-0.4, -0.2) is 25.6 Å². The fourth-order valence-corrected chi connectivity index (χ4v) is 3.68. The number of nitrogens with one attached hydrogen (secondary N) is 1. The third-order valence-electron chi connectivity index (χ3n) is 5.32. The molecule has 1 N–H and O–H groups in total. The Morgan fingerprint density at radius 1 is 1.23 bits per heavy atom. The first-order chi connectivity index (χ1) is 14.2. The molecule has 162 valence electrons. The highest BCUT2D eigenvalue weighted by Crippen LogP contribution is 2.31. The summed E-state index contributed by atoms with van der Waals surface area (Å²) >= 11 is 0. The quantitative estimate of drug-likeness (QED) is 0.699. The standard InChI is InChI=1S/C23H27F3N2O2/c1-16-5-4-12-28(14-16)20-10-8-18(9-11-20)17(2)27-22(29)15-30-21-7-3-6-19(13-21)23(24,25)26/h3,6-11,13,16-17H,4-5,12,14-15H2,1-2H3,(H,27,29)/t16-,17+/m1/s1. The number of carbonyl (C=O) groups excluding carboxylic acids is 1. The number of piperidine rings is 1. The Morgan fingerprint density at radius 2 is 1.97 bits per heavy atom. The van der Waals surface area contributed by atoms with Crippen LogP contribution in [0.3, 0.4) is 0 Å². The summed E-state index contributed by atoms with van der Waals surface area (Å²) in [4.78, 5) is 14.5. The number of ether oxygens (including phenoxy) is 1. The lowest BCUT2D eigenvalue weighted by molar-refractivity contribution is -0.137. The Hall–Kier alpha value is -2.70. The number of anilines is 1. The molecule has 0 aromatic heterocycles. The first-order valence-corrected chi connectivity index (χ1v) is 10.2. The largest absolute Gasteiger partial charge is 0.484 e. The maximum absolute atomic E-state index is 12.8. The van der Waals surface area contributed by atoms with Crippen LogP contribution in [0.1, 0.15) is 43.9 Å². The van der Waals surface area contributed by atoms with Gasteiger partial charge in [-0.05, 0) is 61.6 Å². The van der Waals surface area contributed by atoms with E-state index in [0.29, 0.717) is 5.92 Å². The van der Waals surface area contributed by atoms with Gasteiger partial charge in [0.05, 0.1) is 11.6 Å². The Balaban J connectivity index is 1.52. The van der Waals surface area contributed by atoms with Crippen LogP contribution in [0.2, 0.25) is 0 Å². The van der Waals surface area contributed by atoms with Gasteiger partial charge < -0.3 is 15.0 Å². The highest BCUT2D eigenvalue weighted by atomic mass is 19.4. The van der Waals surface area contributed by atoms with Crippen molar-refractivity contribution in [2.45, 2.75) is 38.9 Å². The van der Waals surface area contributed by atoms with Crippen molar-refractivity contribution >= 4 is 11.6 Å². The minimum atomic E-state index is -4.45. The number of hydrogen-bond acceptors (Lipinski definition) is 3. The van der Waals surface area contributed by atoms with Gasteiger partial charge in [-0.3, -0.25) is 4.79 Å². The molecule has 0 saturated carbocycles. The molecule has 1 aliphatic rings. The normalized spacial score (nSPS) is 18.0. The minimum Gasteiger partial charge on any atom is -0.484 e. The SMILES string of the molecule is C[C@@H]1CCCN(c2ccc([C@H](C)NC(=O)COc3cccc(C(F)(F)F)c3)cc2)C1. The van der Waals surface area contributed by atoms with Crippen LogP contribution < -0.4 is 15.0 Å². The van der Waals surface area contributed by atoms with Gasteiger partial charge in [0.2, 0.25) is 0 Å². The molecule has 1 aliphatic heterocycles. The van der Waals surface area contributed by atoms with E-state index >= 15 is 0 Å². The fourth-order valence-electron chi connectivity index (χ4n) is 3.68. The molecule has 1 heterocycles. The lowest BCUT2D eigenvalue weighted by Crippen LogP contribution is -2.34. The lowest BCUT2D eigenvalue weighted by Gasteiger charge is -2.33. The zero-order chi connectivity index (χ0) is 21.7. The summed E-state index contributed by atoms with van der Waals surface area (Å²) in [6.07, 6.45) is -1.99. The molecule has 0 spiro atoms. The van der Waals surface area contributed by atoms with E-state index in [1.165, 1.54) is 30.7 Å². The second-order valence-electron chi connectivity index (χ2n) is 7.89. The molecule has 2 atom stereocenters. The third-order valence-corrected chi connectivity index (χ3v) is 5.32. The van der Waals surface area contributed by atoms with Crippen LogP contribution in [0.15, 0.2) is 48.5 Å². The molecule has 7 heteroatoms. The Labute approximate surface area is 175 Å². The van der Waals surface area contributed by atoms with Crippen molar-refractivity contribution in [3.63, 3.8) is 0 Å². The smallest absolute Gasteiger partial charge is 0.416 e. The maximum Gasteiger partial charge on any atom is 0.416 e. The van der Waals surface area contributed by atoms with E-state index in [2.05, 4.69) is 29.3 Å². The van der Waals surface area contributed by atoms with E-state index in [1.807, 2.05) is 19.1 Å². The molecule has 2 aromatic rings. The Kier molecular flexibility index (Phi) is 6.90. The molecule has 2 aromatic carbocycles. The van der Waals surface area contributed by atoms with Gasteiger partial charge >= 0.3 is 6.18 Å². The zero-order valence-electron chi connectivity index (χ0n) is 17.2. The molecular formula is C23H27F3N2O2. The second-order valence-corrected chi connectivity index (χ2v) is 7.89. The molecule has 0 bridgehead atoms. The fraction of sp³-hybridized carbons (Fsp3) is 0.435. The number of benzene rings is 2. The zero-order valence-corrected chi connectivity index (χ0v) is 17.2. The summed E-state index contributed by atoms with van der Waals surface area (Å²) in [6.45, 7) is 5.89. The van der Waals surface area contributed by atoms with E-state index in [4.69, 9.17) is 4.74 Å². The van der Waals surface area contributed by atoms with Crippen molar-refractivity contribution in [2.75, 3.05) is 24.6 Å². The van der Waals surface area contributed by atoms with Crippen molar-refractivity contribution in [3.8, 4) is 5.75 Å². The Bertz CT molecular complexity index is 852. The van der Waals surface area contributed by atoms with E-state index in [-0.39, 0.29) is 18.4 Å². The van der Waals surface area contributed by atoms with Crippen LogP contribution in [0.5, 0.6) is 5.75 Å². The second kappa shape index (κ2) is 9.41. The predicted octanol–water partition coefficient (Wildman–Crippen LogP) is 5.20. The lowest BCUT2D eigenvalue weighted by atomic mass is 9.99. The number of carbonyl (C=O) groups is 1. The average Bonchev–Trinajstić information content (AvgIpc) is 2.72. The van der Waals surface area contributed by atoms with Gasteiger partial charge in [-0.1, -0.05) is 25.1 Å². The summed E-state index contributed by atoms with van der Waals surface area (Å²) in [7, 11) is 0. The van der Waals surface area contributed by atoms with E-state index < -0.39 is 17.6 Å². The van der Waals surface area contributed by atoms with Crippen molar-refractivity contribution in [3.05, 3.63) is 59.7 Å². The topological polar surface area (TPSA) is 41.6 Å². The van der Waals surface area contributed by atoms with E-state index in [1.54, 1.807) is 0 Å². The molecule has 3 rings (SSSR count). The van der Waals surface area contributed by atoms with E-state index in [9.17, 15) is 18.0 Å². The van der Waals surface area contributed by atoms with Crippen LogP contribution in [0.25, 0.3) is 0 Å². The summed E-state index contributed by atoms with van der Waals surface area (Å²) in [6, 6.07) is 12.4. The number of alkyl halides is 3. The molecular weight excluding hydrogens is 393 g/mol. The van der Waals surface area contributed by atoms with Crippen molar-refractivity contribution in [1.82, 2.24) is 5.32 Å². The van der Waals surface area contributed by atoms with Gasteiger partial charge in [-0.2, -0.15) is 13.2 Å². The van der Waals surface area contributed by atoms with Crippen molar-refractivity contribution in [2.24, 2.45) is 5.92 Å². The number of rotatable bonds is 6. The number of amides is 1. The predicted molar refractivity (Wildman–Crippen MR) is 111 cm³/mol. The molecule has 0 aliphatic carbocycles. The monoisotopic (exact) mass is 420 g/mol. The summed E-state index contributed by atoms with van der Waals surface area (Å²) in [5.74, 6) is 0.301. The molecule has 1 saturated heterocycles. The minimum absolute atomic E-state index is 0.00717. The molecule has 4 nitrogen and oxygen atoms in total. The van der Waals surface area contributed by atoms with Gasteiger partial charge in [0.1, 0.15) is 5.75 Å². The summed E-state index contributed by atoms with van der Waals surface area (Å²) in [5, 5.41) is 2.82. The molecule has 1 fully saturated rings. The van der Waals surface area contributed by atoms with Gasteiger partial charge in [-0.15, -0.1) is 0 Å². The maximum atomic E-state index is 12.8. The molecule has 1 amide bonds. The third kappa shape index (κ3) is 5.90. The summed E-state index contributed by atoms with van der Waals surface area (Å²) < 4.78 is 43.5. The van der Waals surface area contributed by atoms with Gasteiger partial charge in [-0.25, -0.2) is 0 Å². The Morgan fingerprint density at radius 3 is 2.63 bits per heavy atom. The molecule has 0 unspecified atom stereocenters. The molecule has 0 radical (unpaired) electrons.